The molecule has 1 fully saturated rings. The summed E-state index contributed by atoms with van der Waals surface area (Å²) >= 11 is 0. The van der Waals surface area contributed by atoms with Crippen molar-refractivity contribution >= 4 is 0 Å². The summed E-state index contributed by atoms with van der Waals surface area (Å²) in [5.41, 5.74) is 0. The van der Waals surface area contributed by atoms with Crippen LogP contribution in [0.1, 0.15) is 6.42 Å². The molecule has 1 aliphatic rings. The van der Waals surface area contributed by atoms with Crippen molar-refractivity contribution in [3.8, 4) is 0 Å². The van der Waals surface area contributed by atoms with E-state index in [0.717, 1.165) is 0 Å². The highest BCUT2D eigenvalue weighted by molar-refractivity contribution is 4.71. The molecular weight excluding hydrogens is 136 g/mol. The molecule has 3 atom stereocenters. The molecule has 2 N–H and O–H groups in total. The molecule has 0 aromatic heterocycles. The molecule has 4 nitrogen and oxygen atoms in total. The first-order valence-electron chi connectivity index (χ1n) is 3.24. The molecular formula is C6H12O4. The molecule has 0 bridgehead atoms. The number of methoxy groups -OCH3 is 1. The Bertz CT molecular complexity index is 106. The summed E-state index contributed by atoms with van der Waals surface area (Å²) in [4.78, 5) is 0. The molecule has 0 saturated carbocycles. The highest BCUT2D eigenvalue weighted by atomic mass is 16.7. The van der Waals surface area contributed by atoms with Crippen LogP contribution in [-0.2, 0) is 9.47 Å². The first kappa shape index (κ1) is 7.94. The first-order chi connectivity index (χ1) is 4.74. The minimum atomic E-state index is -0.700. The third kappa shape index (κ3) is 1.67. The van der Waals surface area contributed by atoms with Gasteiger partial charge in [-0.15, -0.1) is 0 Å². The van der Waals surface area contributed by atoms with Gasteiger partial charge in [0.25, 0.3) is 0 Å². The Kier molecular flexibility index (Phi) is 2.62. The summed E-state index contributed by atoms with van der Waals surface area (Å²) in [6.45, 7) is 0.246. The average Bonchev–Trinajstić information content (AvgIpc) is 1.88. The number of aliphatic hydroxyl groups excluding tert-OH is 2. The smallest absolute Gasteiger partial charge is 0.183 e. The van der Waals surface area contributed by atoms with Crippen LogP contribution in [-0.4, -0.2) is 42.4 Å². The molecule has 60 valence electrons. The van der Waals surface area contributed by atoms with E-state index in [1.165, 1.54) is 7.11 Å². The van der Waals surface area contributed by atoms with Gasteiger partial charge in [-0.25, -0.2) is 0 Å². The van der Waals surface area contributed by atoms with Gasteiger partial charge in [0, 0.05) is 13.5 Å². The van der Waals surface area contributed by atoms with E-state index in [0.29, 0.717) is 6.42 Å². The Hall–Kier alpha value is -0.160. The third-order valence-electron chi connectivity index (χ3n) is 1.51. The zero-order valence-electron chi connectivity index (χ0n) is 5.86. The fourth-order valence-electron chi connectivity index (χ4n) is 1.00. The molecule has 0 spiro atoms. The molecule has 0 amide bonds. The van der Waals surface area contributed by atoms with Crippen molar-refractivity contribution in [2.45, 2.75) is 24.9 Å². The molecule has 0 aliphatic carbocycles. The van der Waals surface area contributed by atoms with Crippen LogP contribution < -0.4 is 0 Å². The second-order valence-corrected chi connectivity index (χ2v) is 2.39. The second kappa shape index (κ2) is 3.30. The predicted molar refractivity (Wildman–Crippen MR) is 33.4 cm³/mol. The van der Waals surface area contributed by atoms with Crippen molar-refractivity contribution < 1.29 is 19.7 Å². The summed E-state index contributed by atoms with van der Waals surface area (Å²) in [7, 11) is 1.46. The van der Waals surface area contributed by atoms with Gasteiger partial charge in [-0.2, -0.15) is 0 Å². The van der Waals surface area contributed by atoms with Gasteiger partial charge in [0.1, 0.15) is 6.10 Å². The third-order valence-corrected chi connectivity index (χ3v) is 1.51. The highest BCUT2D eigenvalue weighted by Crippen LogP contribution is 2.14. The number of hydrogen-bond donors (Lipinski definition) is 2. The molecule has 10 heavy (non-hydrogen) atoms. The lowest BCUT2D eigenvalue weighted by Crippen LogP contribution is -2.41. The van der Waals surface area contributed by atoms with Gasteiger partial charge in [-0.3, -0.25) is 0 Å². The topological polar surface area (TPSA) is 58.9 Å². The molecule has 1 saturated heterocycles. The van der Waals surface area contributed by atoms with Crippen molar-refractivity contribution in [2.75, 3.05) is 13.7 Å². The van der Waals surface area contributed by atoms with Gasteiger partial charge < -0.3 is 19.7 Å². The number of ether oxygens (including phenoxy) is 2. The fourth-order valence-corrected chi connectivity index (χ4v) is 1.00. The predicted octanol–water partition coefficient (Wildman–Crippen LogP) is -0.899. The molecule has 4 heteroatoms. The number of rotatable bonds is 1. The minimum absolute atomic E-state index is 0.246. The van der Waals surface area contributed by atoms with E-state index >= 15 is 0 Å². The van der Waals surface area contributed by atoms with Gasteiger partial charge in [-0.1, -0.05) is 0 Å². The number of hydrogen-bond acceptors (Lipinski definition) is 4. The lowest BCUT2D eigenvalue weighted by atomic mass is 10.1. The lowest BCUT2D eigenvalue weighted by Gasteiger charge is -2.29. The molecule has 0 radical (unpaired) electrons. The van der Waals surface area contributed by atoms with Crippen LogP contribution >= 0.6 is 0 Å². The second-order valence-electron chi connectivity index (χ2n) is 2.39. The Morgan fingerprint density at radius 2 is 2.20 bits per heavy atom. The maximum absolute atomic E-state index is 9.13. The van der Waals surface area contributed by atoms with Crippen molar-refractivity contribution in [3.05, 3.63) is 0 Å². The summed E-state index contributed by atoms with van der Waals surface area (Å²) < 4.78 is 9.70. The summed E-state index contributed by atoms with van der Waals surface area (Å²) in [6.07, 6.45) is -1.49. The van der Waals surface area contributed by atoms with Crippen molar-refractivity contribution in [2.24, 2.45) is 0 Å². The minimum Gasteiger partial charge on any atom is -0.391 e. The number of aliphatic hydroxyl groups is 2. The monoisotopic (exact) mass is 148 g/mol. The average molecular weight is 148 g/mol. The highest BCUT2D eigenvalue weighted by Gasteiger charge is 2.28. The molecule has 1 heterocycles. The largest absolute Gasteiger partial charge is 0.391 e. The molecule has 0 aromatic carbocycles. The van der Waals surface area contributed by atoms with E-state index in [-0.39, 0.29) is 6.61 Å². The van der Waals surface area contributed by atoms with Gasteiger partial charge in [0.15, 0.2) is 6.29 Å². The SMILES string of the molecule is CO[C@H]1OC[C@H](O)C[C@H]1O. The van der Waals surface area contributed by atoms with E-state index in [2.05, 4.69) is 0 Å². The van der Waals surface area contributed by atoms with Crippen LogP contribution in [0.15, 0.2) is 0 Å². The molecule has 1 aliphatic heterocycles. The summed E-state index contributed by atoms with van der Waals surface area (Å²) in [5.74, 6) is 0. The van der Waals surface area contributed by atoms with Crippen LogP contribution in [0.3, 0.4) is 0 Å². The van der Waals surface area contributed by atoms with Crippen LogP contribution in [0.2, 0.25) is 0 Å². The van der Waals surface area contributed by atoms with E-state index in [4.69, 9.17) is 19.7 Å². The Morgan fingerprint density at radius 3 is 2.70 bits per heavy atom. The maximum Gasteiger partial charge on any atom is 0.183 e. The molecule has 0 unspecified atom stereocenters. The van der Waals surface area contributed by atoms with E-state index in [1.54, 1.807) is 0 Å². The Labute approximate surface area is 59.4 Å². The fraction of sp³-hybridized carbons (Fsp3) is 1.00. The maximum atomic E-state index is 9.13. The standard InChI is InChI=1S/C6H12O4/c1-9-6-5(8)2-4(7)3-10-6/h4-8H,2-3H2,1H3/t4-,5-,6+/m1/s1. The summed E-state index contributed by atoms with van der Waals surface area (Å²) in [6, 6.07) is 0. The van der Waals surface area contributed by atoms with E-state index in [9.17, 15) is 0 Å². The first-order valence-corrected chi connectivity index (χ1v) is 3.24. The Balaban J connectivity index is 2.36. The van der Waals surface area contributed by atoms with Crippen LogP contribution in [0.5, 0.6) is 0 Å². The van der Waals surface area contributed by atoms with Crippen LogP contribution in [0.25, 0.3) is 0 Å². The van der Waals surface area contributed by atoms with Gasteiger partial charge >= 0.3 is 0 Å². The van der Waals surface area contributed by atoms with Crippen molar-refractivity contribution in [3.63, 3.8) is 0 Å². The van der Waals surface area contributed by atoms with E-state index < -0.39 is 18.5 Å². The van der Waals surface area contributed by atoms with Crippen LogP contribution in [0.4, 0.5) is 0 Å². The Morgan fingerprint density at radius 1 is 1.50 bits per heavy atom. The van der Waals surface area contributed by atoms with Crippen molar-refractivity contribution in [1.82, 2.24) is 0 Å². The molecule has 0 aromatic rings. The van der Waals surface area contributed by atoms with Gasteiger partial charge in [-0.05, 0) is 0 Å². The van der Waals surface area contributed by atoms with Crippen LogP contribution in [0, 0.1) is 0 Å². The van der Waals surface area contributed by atoms with Crippen molar-refractivity contribution in [1.29, 1.82) is 0 Å². The zero-order chi connectivity index (χ0) is 7.56. The molecule has 1 rings (SSSR count). The van der Waals surface area contributed by atoms with Gasteiger partial charge in [0.2, 0.25) is 0 Å². The lowest BCUT2D eigenvalue weighted by molar-refractivity contribution is -0.224. The summed E-state index contributed by atoms with van der Waals surface area (Å²) in [5, 5.41) is 18.1. The van der Waals surface area contributed by atoms with E-state index in [1.807, 2.05) is 0 Å². The van der Waals surface area contributed by atoms with Gasteiger partial charge in [0.05, 0.1) is 12.7 Å². The zero-order valence-corrected chi connectivity index (χ0v) is 5.86. The normalized spacial score (nSPS) is 41.7. The quantitative estimate of drug-likeness (QED) is 0.506.